The van der Waals surface area contributed by atoms with Gasteiger partial charge in [-0.05, 0) is 35.6 Å². The zero-order chi connectivity index (χ0) is 12.8. The molecule has 0 atom stereocenters. The van der Waals surface area contributed by atoms with Gasteiger partial charge >= 0.3 is 0 Å². The minimum absolute atomic E-state index is 0.306. The fraction of sp³-hybridized carbons (Fsp3) is 0.200. The van der Waals surface area contributed by atoms with E-state index in [-0.39, 0.29) is 0 Å². The second-order valence-corrected chi connectivity index (χ2v) is 5.26. The molecule has 2 N–H and O–H groups in total. The van der Waals surface area contributed by atoms with Gasteiger partial charge in [-0.3, -0.25) is 0 Å². The van der Waals surface area contributed by atoms with E-state index < -0.39 is 0 Å². The van der Waals surface area contributed by atoms with Gasteiger partial charge in [0, 0.05) is 17.1 Å². The van der Waals surface area contributed by atoms with E-state index in [9.17, 15) is 5.11 Å². The van der Waals surface area contributed by atoms with Gasteiger partial charge in [0.05, 0.1) is 0 Å². The second-order valence-electron chi connectivity index (χ2n) is 3.95. The first-order valence-electron chi connectivity index (χ1n) is 6.03. The van der Waals surface area contributed by atoms with E-state index in [0.29, 0.717) is 5.75 Å². The molecule has 0 saturated heterocycles. The number of hydrogen-bond donors (Lipinski definition) is 2. The lowest BCUT2D eigenvalue weighted by Crippen LogP contribution is -2.00. The van der Waals surface area contributed by atoms with Crippen molar-refractivity contribution in [1.29, 1.82) is 0 Å². The summed E-state index contributed by atoms with van der Waals surface area (Å²) in [6.07, 6.45) is 0. The first-order valence-corrected chi connectivity index (χ1v) is 7.01. The van der Waals surface area contributed by atoms with Gasteiger partial charge in [-0.25, -0.2) is 0 Å². The Morgan fingerprint density at radius 2 is 1.78 bits per heavy atom. The van der Waals surface area contributed by atoms with Gasteiger partial charge in [0.1, 0.15) is 5.75 Å². The molecular weight excluding hydrogens is 242 g/mol. The monoisotopic (exact) mass is 259 g/mol. The lowest BCUT2D eigenvalue weighted by Gasteiger charge is -2.11. The summed E-state index contributed by atoms with van der Waals surface area (Å²) in [5, 5.41) is 12.7. The zero-order valence-electron chi connectivity index (χ0n) is 10.4. The highest BCUT2D eigenvalue weighted by atomic mass is 32.2. The lowest BCUT2D eigenvalue weighted by molar-refractivity contribution is 0.475. The first-order chi connectivity index (χ1) is 8.79. The third-order valence-corrected chi connectivity index (χ3v) is 3.56. The molecule has 94 valence electrons. The average Bonchev–Trinajstić information content (AvgIpc) is 2.40. The predicted molar refractivity (Wildman–Crippen MR) is 78.3 cm³/mol. The largest absolute Gasteiger partial charge is 0.508 e. The summed E-state index contributed by atoms with van der Waals surface area (Å²) in [4.78, 5) is 1.28. The number of rotatable bonds is 5. The van der Waals surface area contributed by atoms with Gasteiger partial charge in [-0.15, -0.1) is 11.8 Å². The Morgan fingerprint density at radius 3 is 2.50 bits per heavy atom. The Hall–Kier alpha value is -1.61. The number of para-hydroxylation sites is 1. The quantitative estimate of drug-likeness (QED) is 0.792. The smallest absolute Gasteiger partial charge is 0.115 e. The molecule has 2 rings (SSSR count). The van der Waals surface area contributed by atoms with Crippen LogP contribution in [0.25, 0.3) is 0 Å². The minimum Gasteiger partial charge on any atom is -0.508 e. The van der Waals surface area contributed by atoms with Crippen LogP contribution >= 0.6 is 11.8 Å². The van der Waals surface area contributed by atoms with Crippen LogP contribution in [0.4, 0.5) is 5.69 Å². The SMILES string of the molecule is CCSc1ccccc1NCc1ccc(O)cc1. The summed E-state index contributed by atoms with van der Waals surface area (Å²) in [6, 6.07) is 15.6. The summed E-state index contributed by atoms with van der Waals surface area (Å²) in [6.45, 7) is 2.92. The number of nitrogens with one attached hydrogen (secondary N) is 1. The molecule has 0 radical (unpaired) electrons. The number of phenols is 1. The molecule has 0 aliphatic carbocycles. The number of benzene rings is 2. The third kappa shape index (κ3) is 3.44. The molecule has 0 heterocycles. The average molecular weight is 259 g/mol. The number of thioether (sulfide) groups is 1. The van der Waals surface area contributed by atoms with Crippen molar-refractivity contribution in [1.82, 2.24) is 0 Å². The molecular formula is C15H17NOS. The summed E-state index contributed by atoms with van der Waals surface area (Å²) in [5.74, 6) is 1.37. The van der Waals surface area contributed by atoms with E-state index in [1.807, 2.05) is 30.0 Å². The van der Waals surface area contributed by atoms with Crippen molar-refractivity contribution >= 4 is 17.4 Å². The molecule has 0 aromatic heterocycles. The van der Waals surface area contributed by atoms with Crippen LogP contribution in [0.3, 0.4) is 0 Å². The van der Waals surface area contributed by atoms with E-state index in [4.69, 9.17) is 0 Å². The fourth-order valence-corrected chi connectivity index (χ4v) is 2.49. The minimum atomic E-state index is 0.306. The van der Waals surface area contributed by atoms with Crippen LogP contribution in [0.1, 0.15) is 12.5 Å². The number of phenolic OH excluding ortho intramolecular Hbond substituents is 1. The third-order valence-electron chi connectivity index (χ3n) is 2.61. The second kappa shape index (κ2) is 6.36. The molecule has 2 aromatic carbocycles. The van der Waals surface area contributed by atoms with Gasteiger partial charge < -0.3 is 10.4 Å². The van der Waals surface area contributed by atoms with Gasteiger partial charge in [0.2, 0.25) is 0 Å². The van der Waals surface area contributed by atoms with Crippen molar-refractivity contribution in [2.24, 2.45) is 0 Å². The molecule has 2 aromatic rings. The van der Waals surface area contributed by atoms with Crippen molar-refractivity contribution in [2.75, 3.05) is 11.1 Å². The molecule has 3 heteroatoms. The Balaban J connectivity index is 2.03. The summed E-state index contributed by atoms with van der Waals surface area (Å²) >= 11 is 1.84. The standard InChI is InChI=1S/C15H17NOS/c1-2-18-15-6-4-3-5-14(15)16-11-12-7-9-13(17)10-8-12/h3-10,16-17H,2,11H2,1H3. The maximum absolute atomic E-state index is 9.23. The van der Waals surface area contributed by atoms with E-state index in [1.165, 1.54) is 4.90 Å². The molecule has 0 bridgehead atoms. The van der Waals surface area contributed by atoms with Crippen molar-refractivity contribution < 1.29 is 5.11 Å². The van der Waals surface area contributed by atoms with Crippen molar-refractivity contribution in [3.05, 3.63) is 54.1 Å². The first kappa shape index (κ1) is 12.8. The fourth-order valence-electron chi connectivity index (χ4n) is 1.71. The number of hydrogen-bond acceptors (Lipinski definition) is 3. The summed E-state index contributed by atoms with van der Waals surface area (Å²) in [5.41, 5.74) is 2.32. The maximum Gasteiger partial charge on any atom is 0.115 e. The lowest BCUT2D eigenvalue weighted by atomic mass is 10.2. The van der Waals surface area contributed by atoms with E-state index in [2.05, 4.69) is 30.4 Å². The van der Waals surface area contributed by atoms with Gasteiger partial charge in [0.15, 0.2) is 0 Å². The van der Waals surface area contributed by atoms with Crippen LogP contribution in [-0.2, 0) is 6.54 Å². The Kier molecular flexibility index (Phi) is 4.53. The van der Waals surface area contributed by atoms with E-state index in [1.54, 1.807) is 12.1 Å². The molecule has 0 fully saturated rings. The Morgan fingerprint density at radius 1 is 1.06 bits per heavy atom. The summed E-state index contributed by atoms with van der Waals surface area (Å²) in [7, 11) is 0. The molecule has 0 aliphatic heterocycles. The predicted octanol–water partition coefficient (Wildman–Crippen LogP) is 4.12. The van der Waals surface area contributed by atoms with Crippen LogP contribution in [-0.4, -0.2) is 10.9 Å². The highest BCUT2D eigenvalue weighted by Crippen LogP contribution is 2.27. The summed E-state index contributed by atoms with van der Waals surface area (Å²) < 4.78 is 0. The molecule has 0 amide bonds. The molecule has 0 unspecified atom stereocenters. The Bertz CT molecular complexity index is 496. The van der Waals surface area contributed by atoms with Gasteiger partial charge in [-0.2, -0.15) is 0 Å². The molecule has 0 saturated carbocycles. The number of aromatic hydroxyl groups is 1. The van der Waals surface area contributed by atoms with Crippen molar-refractivity contribution in [3.8, 4) is 5.75 Å². The molecule has 2 nitrogen and oxygen atoms in total. The highest BCUT2D eigenvalue weighted by molar-refractivity contribution is 7.99. The topological polar surface area (TPSA) is 32.3 Å². The van der Waals surface area contributed by atoms with E-state index in [0.717, 1.165) is 23.5 Å². The highest BCUT2D eigenvalue weighted by Gasteiger charge is 2.01. The van der Waals surface area contributed by atoms with Crippen LogP contribution in [0.5, 0.6) is 5.75 Å². The van der Waals surface area contributed by atoms with Crippen molar-refractivity contribution in [2.45, 2.75) is 18.4 Å². The molecule has 18 heavy (non-hydrogen) atoms. The van der Waals surface area contributed by atoms with Crippen LogP contribution in [0.15, 0.2) is 53.4 Å². The molecule has 0 aliphatic rings. The Labute approximate surface area is 112 Å². The zero-order valence-corrected chi connectivity index (χ0v) is 11.2. The van der Waals surface area contributed by atoms with E-state index >= 15 is 0 Å². The number of anilines is 1. The normalized spacial score (nSPS) is 10.3. The van der Waals surface area contributed by atoms with Gasteiger partial charge in [-0.1, -0.05) is 31.2 Å². The maximum atomic E-state index is 9.23. The van der Waals surface area contributed by atoms with Gasteiger partial charge in [0.25, 0.3) is 0 Å². The van der Waals surface area contributed by atoms with Crippen molar-refractivity contribution in [3.63, 3.8) is 0 Å². The van der Waals surface area contributed by atoms with Crippen LogP contribution in [0, 0.1) is 0 Å². The van der Waals surface area contributed by atoms with Crippen LogP contribution < -0.4 is 5.32 Å². The van der Waals surface area contributed by atoms with Crippen LogP contribution in [0.2, 0.25) is 0 Å². The molecule has 0 spiro atoms.